The molecule has 5 rings (SSSR count). The molecule has 5 nitrogen and oxygen atoms in total. The van der Waals surface area contributed by atoms with Gasteiger partial charge in [0.15, 0.2) is 0 Å². The van der Waals surface area contributed by atoms with Gasteiger partial charge in [-0.2, -0.15) is 0 Å². The Balaban J connectivity index is 0.000000346. The number of rotatable bonds is 10. The van der Waals surface area contributed by atoms with Gasteiger partial charge in [-0.1, -0.05) is 66.7 Å². The van der Waals surface area contributed by atoms with Gasteiger partial charge in [-0.05, 0) is 12.1 Å². The first-order valence-corrected chi connectivity index (χ1v) is 17.9. The zero-order chi connectivity index (χ0) is 35.5. The van der Waals surface area contributed by atoms with Gasteiger partial charge in [-0.3, -0.25) is 9.59 Å². The Morgan fingerprint density at radius 3 is 1.04 bits per heavy atom. The van der Waals surface area contributed by atoms with Crippen molar-refractivity contribution in [2.45, 2.75) is 79.1 Å². The summed E-state index contributed by atoms with van der Waals surface area (Å²) in [5.74, 6) is 1.42. The van der Waals surface area contributed by atoms with E-state index in [-0.39, 0.29) is 47.8 Å². The van der Waals surface area contributed by atoms with Crippen molar-refractivity contribution >= 4 is 47.8 Å². The number of aromatic nitrogens is 1. The molecule has 0 N–H and O–H groups in total. The van der Waals surface area contributed by atoms with Crippen LogP contribution in [0, 0.1) is 0 Å². The SMILES string of the molecule is CC(C)c1cccc(C(C)C)c1[N]=[Co]=[N]c1c(C(C)C)cccc1C(C)C.Cl.Cl.O=C(c1ccccc1)c1cccc(C(=O)c2ccccc2)n1. The Morgan fingerprint density at radius 1 is 0.451 bits per heavy atom. The van der Waals surface area contributed by atoms with E-state index in [1.807, 2.05) is 12.1 Å². The molecule has 0 atom stereocenters. The Bertz CT molecular complexity index is 1770. The number of nitrogens with zero attached hydrogens (tertiary/aromatic N) is 3. The summed E-state index contributed by atoms with van der Waals surface area (Å²) in [6.45, 7) is 17.9. The van der Waals surface area contributed by atoms with Gasteiger partial charge >= 0.3 is 171 Å². The number of hydrogen-bond donors (Lipinski definition) is 0. The van der Waals surface area contributed by atoms with Crippen molar-refractivity contribution in [2.75, 3.05) is 0 Å². The molecule has 0 radical (unpaired) electrons. The van der Waals surface area contributed by atoms with E-state index in [0.717, 1.165) is 25.7 Å². The van der Waals surface area contributed by atoms with E-state index in [4.69, 9.17) is 7.99 Å². The second-order valence-electron chi connectivity index (χ2n) is 13.2. The van der Waals surface area contributed by atoms with E-state index < -0.39 is 0 Å². The molecule has 0 aliphatic carbocycles. The predicted octanol–water partition coefficient (Wildman–Crippen LogP) is 13.0. The van der Waals surface area contributed by atoms with Crippen molar-refractivity contribution in [3.63, 3.8) is 0 Å². The van der Waals surface area contributed by atoms with Gasteiger partial charge in [0.1, 0.15) is 11.4 Å². The molecular formula is C43H49Cl2CoN3O2. The third-order valence-electron chi connectivity index (χ3n) is 8.19. The van der Waals surface area contributed by atoms with Crippen molar-refractivity contribution in [3.8, 4) is 0 Å². The Hall–Kier alpha value is -3.94. The molecular weight excluding hydrogens is 720 g/mol. The number of hydrogen-bond acceptors (Lipinski definition) is 5. The molecule has 1 aromatic heterocycles. The fraction of sp³-hybridized carbons (Fsp3) is 0.279. The van der Waals surface area contributed by atoms with Crippen LogP contribution in [0.3, 0.4) is 0 Å². The minimum absolute atomic E-state index is 0. The number of benzene rings is 4. The third kappa shape index (κ3) is 11.5. The van der Waals surface area contributed by atoms with Crippen LogP contribution in [-0.4, -0.2) is 16.6 Å². The van der Waals surface area contributed by atoms with Crippen LogP contribution in [0.25, 0.3) is 0 Å². The average molecular weight is 770 g/mol. The quantitative estimate of drug-likeness (QED) is 0.133. The van der Waals surface area contributed by atoms with E-state index in [9.17, 15) is 9.59 Å². The fourth-order valence-electron chi connectivity index (χ4n) is 5.44. The zero-order valence-electron chi connectivity index (χ0n) is 30.6. The summed E-state index contributed by atoms with van der Waals surface area (Å²) < 4.78 is 9.89. The molecule has 0 saturated heterocycles. The maximum absolute atomic E-state index is 12.4. The van der Waals surface area contributed by atoms with Crippen LogP contribution >= 0.6 is 24.8 Å². The standard InChI is InChI=1S/C19H13NO2.2C12H17N.2ClH.Co/c21-18(14-8-3-1-4-9-14)16-12-7-13-17(20-16)19(22)15-10-5-2-6-11-15;2*1-8(2)10-6-5-7-11(9(3)4)12(10)13;;;/h1-13H;2*5-9H,1-4H3;2*1H;. The maximum Gasteiger partial charge on any atom is 0.211 e. The summed E-state index contributed by atoms with van der Waals surface area (Å²) in [6, 6.07) is 35.8. The predicted molar refractivity (Wildman–Crippen MR) is 212 cm³/mol. The van der Waals surface area contributed by atoms with Crippen LogP contribution in [0.5, 0.6) is 0 Å². The van der Waals surface area contributed by atoms with Crippen molar-refractivity contribution in [2.24, 2.45) is 7.99 Å². The third-order valence-corrected chi connectivity index (χ3v) is 8.86. The number of carbonyl (C=O) groups excluding carboxylic acids is 2. The Labute approximate surface area is 322 Å². The smallest absolute Gasteiger partial charge is 0.211 e. The minimum atomic E-state index is -0.191. The summed E-state index contributed by atoms with van der Waals surface area (Å²) in [5.41, 5.74) is 9.14. The van der Waals surface area contributed by atoms with Crippen LogP contribution in [0.15, 0.2) is 123 Å². The maximum atomic E-state index is 12.4. The van der Waals surface area contributed by atoms with Gasteiger partial charge in [-0.25, -0.2) is 4.98 Å². The van der Waals surface area contributed by atoms with E-state index in [0.29, 0.717) is 34.8 Å². The molecule has 0 spiro atoms. The van der Waals surface area contributed by atoms with Crippen molar-refractivity contribution in [1.29, 1.82) is 0 Å². The summed E-state index contributed by atoms with van der Waals surface area (Å²) in [6.07, 6.45) is 0. The molecule has 0 aliphatic heterocycles. The molecule has 0 bridgehead atoms. The molecule has 5 aromatic rings. The topological polar surface area (TPSA) is 71.8 Å². The molecule has 51 heavy (non-hydrogen) atoms. The van der Waals surface area contributed by atoms with Crippen molar-refractivity contribution < 1.29 is 23.9 Å². The first-order chi connectivity index (χ1) is 23.5. The second-order valence-corrected chi connectivity index (χ2v) is 13.9. The van der Waals surface area contributed by atoms with Crippen LogP contribution in [0.4, 0.5) is 11.4 Å². The molecule has 0 saturated carbocycles. The van der Waals surface area contributed by atoms with Gasteiger partial charge in [0.25, 0.3) is 0 Å². The molecule has 0 unspecified atom stereocenters. The van der Waals surface area contributed by atoms with E-state index >= 15 is 0 Å². The number of ketones is 2. The van der Waals surface area contributed by atoms with Crippen LogP contribution in [0.2, 0.25) is 0 Å². The largest absolute Gasteiger partial charge is 0.287 e. The summed E-state index contributed by atoms with van der Waals surface area (Å²) in [7, 11) is 0. The summed E-state index contributed by atoms with van der Waals surface area (Å²) >= 11 is 0.800. The summed E-state index contributed by atoms with van der Waals surface area (Å²) in [4.78, 5) is 29.0. The van der Waals surface area contributed by atoms with Gasteiger partial charge in [0.2, 0.25) is 11.6 Å². The molecule has 1 heterocycles. The monoisotopic (exact) mass is 768 g/mol. The zero-order valence-corrected chi connectivity index (χ0v) is 33.3. The molecule has 0 fully saturated rings. The first-order valence-electron chi connectivity index (χ1n) is 16.9. The van der Waals surface area contributed by atoms with Crippen molar-refractivity contribution in [3.05, 3.63) is 160 Å². The van der Waals surface area contributed by atoms with Gasteiger partial charge in [0.05, 0.1) is 0 Å². The molecule has 8 heteroatoms. The Morgan fingerprint density at radius 2 is 0.745 bits per heavy atom. The van der Waals surface area contributed by atoms with Gasteiger partial charge in [0, 0.05) is 11.1 Å². The Kier molecular flexibility index (Phi) is 17.6. The normalized spacial score (nSPS) is 10.6. The van der Waals surface area contributed by atoms with Gasteiger partial charge < -0.3 is 0 Å². The number of carbonyl (C=O) groups is 2. The molecule has 271 valence electrons. The van der Waals surface area contributed by atoms with Gasteiger partial charge in [-0.15, -0.1) is 24.8 Å². The second kappa shape index (κ2) is 20.8. The van der Waals surface area contributed by atoms with E-state index in [1.54, 1.807) is 66.7 Å². The van der Waals surface area contributed by atoms with E-state index in [1.165, 1.54) is 22.3 Å². The molecule has 4 aromatic carbocycles. The summed E-state index contributed by atoms with van der Waals surface area (Å²) in [5, 5.41) is 0. The fourth-order valence-corrected chi connectivity index (χ4v) is 6.24. The van der Waals surface area contributed by atoms with Crippen LogP contribution < -0.4 is 0 Å². The van der Waals surface area contributed by atoms with Crippen LogP contribution in [0.1, 0.15) is 133 Å². The van der Waals surface area contributed by atoms with E-state index in [2.05, 4.69) is 96.8 Å². The van der Waals surface area contributed by atoms with Crippen LogP contribution in [-0.2, 0) is 14.3 Å². The number of halogens is 2. The average Bonchev–Trinajstić information content (AvgIpc) is 3.11. The van der Waals surface area contributed by atoms with Crippen molar-refractivity contribution in [1.82, 2.24) is 4.98 Å². The first kappa shape index (κ1) is 43.2. The molecule has 0 amide bonds. The molecule has 0 aliphatic rings. The minimum Gasteiger partial charge on any atom is -0.287 e. The number of pyridine rings is 1.